The molecule has 0 bridgehead atoms. The van der Waals surface area contributed by atoms with Gasteiger partial charge in [-0.3, -0.25) is 0 Å². The number of hydrogen-bond donors (Lipinski definition) is 1. The second-order valence-corrected chi connectivity index (χ2v) is 3.41. The molecular formula is C7H19B2Cl2F8N-2. The molecule has 0 heterocycles. The maximum Gasteiger partial charge on any atom is 0.673 e. The maximum atomic E-state index is 9.75. The molecule has 0 saturated carbocycles. The van der Waals surface area contributed by atoms with Crippen LogP contribution in [-0.4, -0.2) is 20.0 Å². The lowest BCUT2D eigenvalue weighted by Crippen LogP contribution is -2.37. The summed E-state index contributed by atoms with van der Waals surface area (Å²) in [6, 6.07) is 0. The van der Waals surface area contributed by atoms with Crippen LogP contribution in [0.25, 0.3) is 0 Å². The highest BCUT2D eigenvalue weighted by Crippen LogP contribution is 2.14. The molecule has 20 heavy (non-hydrogen) atoms. The van der Waals surface area contributed by atoms with Crippen molar-refractivity contribution in [2.75, 3.05) is 0 Å². The van der Waals surface area contributed by atoms with Gasteiger partial charge in [-0.05, 0) is 19.3 Å². The van der Waals surface area contributed by atoms with E-state index in [9.17, 15) is 34.5 Å². The molecule has 2 N–H and O–H groups in total. The van der Waals surface area contributed by atoms with Crippen LogP contribution in [0.3, 0.4) is 0 Å². The van der Waals surface area contributed by atoms with E-state index in [0.29, 0.717) is 0 Å². The normalized spacial score (nSPS) is 10.8. The quantitative estimate of drug-likeness (QED) is 0.531. The molecule has 0 unspecified atom stereocenters. The van der Waals surface area contributed by atoms with Gasteiger partial charge in [0.15, 0.2) is 0 Å². The molecule has 0 atom stereocenters. The fraction of sp³-hybridized carbons (Fsp3) is 1.00. The third-order valence-corrected chi connectivity index (χ3v) is 2.11. The first-order chi connectivity index (χ1) is 7.68. The summed E-state index contributed by atoms with van der Waals surface area (Å²) in [6.45, 7) is 6.44. The molecule has 130 valence electrons. The average molecular weight is 362 g/mol. The molecule has 0 aliphatic heterocycles. The highest BCUT2D eigenvalue weighted by Gasteiger charge is 2.21. The molecule has 13 heteroatoms. The van der Waals surface area contributed by atoms with Gasteiger partial charge in [0.1, 0.15) is 0 Å². The standard InChI is InChI=1S/C7H17N.2BF4.2ClH/c1-4-7(8,5-2)6-3;2*2-1(3,4)5;;/h4-6,8H2,1-3H3;;;2*1H/q;2*-1;;. The fourth-order valence-electron chi connectivity index (χ4n) is 0.750. The van der Waals surface area contributed by atoms with Gasteiger partial charge in [-0.15, -0.1) is 24.8 Å². The van der Waals surface area contributed by atoms with Crippen LogP contribution in [-0.2, 0) is 0 Å². The summed E-state index contributed by atoms with van der Waals surface area (Å²) in [5.74, 6) is 0. The van der Waals surface area contributed by atoms with Gasteiger partial charge < -0.3 is 40.3 Å². The zero-order valence-corrected chi connectivity index (χ0v) is 12.8. The summed E-state index contributed by atoms with van der Waals surface area (Å²) in [5.41, 5.74) is 6.02. The number of halogens is 10. The van der Waals surface area contributed by atoms with Gasteiger partial charge in [0, 0.05) is 5.54 Å². The van der Waals surface area contributed by atoms with Crippen molar-refractivity contribution in [3.8, 4) is 0 Å². The van der Waals surface area contributed by atoms with E-state index in [1.54, 1.807) is 0 Å². The molecule has 0 aliphatic rings. The highest BCUT2D eigenvalue weighted by molar-refractivity contribution is 6.50. The second kappa shape index (κ2) is 14.1. The first-order valence-corrected chi connectivity index (χ1v) is 5.22. The summed E-state index contributed by atoms with van der Waals surface area (Å²) in [4.78, 5) is 0. The van der Waals surface area contributed by atoms with Crippen molar-refractivity contribution >= 4 is 39.3 Å². The van der Waals surface area contributed by atoms with E-state index in [2.05, 4.69) is 20.8 Å². The first kappa shape index (κ1) is 32.2. The Morgan fingerprint density at radius 1 is 0.650 bits per heavy atom. The van der Waals surface area contributed by atoms with Gasteiger partial charge in [0.05, 0.1) is 0 Å². The third-order valence-electron chi connectivity index (χ3n) is 2.11. The summed E-state index contributed by atoms with van der Waals surface area (Å²) >= 11 is 0. The van der Waals surface area contributed by atoms with Gasteiger partial charge in [-0.2, -0.15) is 0 Å². The van der Waals surface area contributed by atoms with Gasteiger partial charge in [0.25, 0.3) is 0 Å². The van der Waals surface area contributed by atoms with Gasteiger partial charge >= 0.3 is 14.5 Å². The summed E-state index contributed by atoms with van der Waals surface area (Å²) < 4.78 is 78.0. The minimum absolute atomic E-state index is 0. The molecule has 0 aromatic heterocycles. The van der Waals surface area contributed by atoms with Crippen LogP contribution < -0.4 is 5.73 Å². The Kier molecular flexibility index (Phi) is 22.6. The Morgan fingerprint density at radius 3 is 0.750 bits per heavy atom. The smallest absolute Gasteiger partial charge is 0.418 e. The maximum absolute atomic E-state index is 9.75. The van der Waals surface area contributed by atoms with Crippen LogP contribution in [0.1, 0.15) is 40.0 Å². The van der Waals surface area contributed by atoms with Gasteiger partial charge in [0.2, 0.25) is 0 Å². The SMILES string of the molecule is CCC(N)(CC)CC.Cl.Cl.F[B-](F)(F)F.F[B-](F)(F)F. The molecule has 0 spiro atoms. The lowest BCUT2D eigenvalue weighted by Gasteiger charge is -2.23. The summed E-state index contributed by atoms with van der Waals surface area (Å²) in [6.07, 6.45) is 3.29. The van der Waals surface area contributed by atoms with Crippen molar-refractivity contribution in [2.45, 2.75) is 45.6 Å². The predicted octanol–water partition coefficient (Wildman–Crippen LogP) is 5.36. The van der Waals surface area contributed by atoms with Crippen LogP contribution in [0.2, 0.25) is 0 Å². The van der Waals surface area contributed by atoms with E-state index in [1.165, 1.54) is 0 Å². The van der Waals surface area contributed by atoms with Crippen LogP contribution >= 0.6 is 24.8 Å². The molecule has 0 saturated heterocycles. The number of nitrogens with two attached hydrogens (primary N) is 1. The summed E-state index contributed by atoms with van der Waals surface area (Å²) in [7, 11) is -12.0. The Labute approximate surface area is 126 Å². The molecule has 1 nitrogen and oxygen atoms in total. The van der Waals surface area contributed by atoms with Crippen LogP contribution in [0, 0.1) is 0 Å². The van der Waals surface area contributed by atoms with E-state index < -0.39 is 14.5 Å². The fourth-order valence-corrected chi connectivity index (χ4v) is 0.750. The minimum atomic E-state index is -6.00. The van der Waals surface area contributed by atoms with Crippen LogP contribution in [0.15, 0.2) is 0 Å². The zero-order valence-electron chi connectivity index (χ0n) is 11.2. The van der Waals surface area contributed by atoms with E-state index >= 15 is 0 Å². The number of rotatable bonds is 3. The van der Waals surface area contributed by atoms with Gasteiger partial charge in [-0.1, -0.05) is 20.8 Å². The molecule has 0 amide bonds. The molecular weight excluding hydrogens is 343 g/mol. The Hall–Kier alpha value is 0.110. The first-order valence-electron chi connectivity index (χ1n) is 5.22. The Morgan fingerprint density at radius 2 is 0.750 bits per heavy atom. The minimum Gasteiger partial charge on any atom is -0.418 e. The van der Waals surface area contributed by atoms with Crippen molar-refractivity contribution < 1.29 is 34.5 Å². The molecule has 0 fully saturated rings. The molecule has 0 rings (SSSR count). The Balaban J connectivity index is -0.0000000558. The van der Waals surface area contributed by atoms with Crippen molar-refractivity contribution in [2.24, 2.45) is 5.73 Å². The second-order valence-electron chi connectivity index (χ2n) is 3.41. The van der Waals surface area contributed by atoms with E-state index in [-0.39, 0.29) is 30.4 Å². The monoisotopic (exact) mass is 361 g/mol. The zero-order chi connectivity index (χ0) is 15.6. The van der Waals surface area contributed by atoms with Crippen molar-refractivity contribution in [1.82, 2.24) is 0 Å². The molecule has 0 radical (unpaired) electrons. The predicted molar refractivity (Wildman–Crippen MR) is 72.7 cm³/mol. The van der Waals surface area contributed by atoms with E-state index in [1.807, 2.05) is 0 Å². The molecule has 0 aromatic carbocycles. The number of hydrogen-bond acceptors (Lipinski definition) is 1. The topological polar surface area (TPSA) is 26.0 Å². The Bertz CT molecular complexity index is 166. The molecule has 0 aliphatic carbocycles. The van der Waals surface area contributed by atoms with Crippen molar-refractivity contribution in [3.05, 3.63) is 0 Å². The average Bonchev–Trinajstić information content (AvgIpc) is 2.11. The van der Waals surface area contributed by atoms with Crippen molar-refractivity contribution in [3.63, 3.8) is 0 Å². The van der Waals surface area contributed by atoms with Crippen LogP contribution in [0.5, 0.6) is 0 Å². The van der Waals surface area contributed by atoms with E-state index in [0.717, 1.165) is 19.3 Å². The highest BCUT2D eigenvalue weighted by atomic mass is 35.5. The molecule has 0 aromatic rings. The van der Waals surface area contributed by atoms with Crippen molar-refractivity contribution in [1.29, 1.82) is 0 Å². The summed E-state index contributed by atoms with van der Waals surface area (Å²) in [5, 5.41) is 0. The van der Waals surface area contributed by atoms with Crippen LogP contribution in [0.4, 0.5) is 34.5 Å². The van der Waals surface area contributed by atoms with E-state index in [4.69, 9.17) is 5.73 Å². The lowest BCUT2D eigenvalue weighted by molar-refractivity contribution is 0.366. The third kappa shape index (κ3) is 63.9. The lowest BCUT2D eigenvalue weighted by atomic mass is 9.92. The largest absolute Gasteiger partial charge is 0.673 e. The van der Waals surface area contributed by atoms with Gasteiger partial charge in [-0.25, -0.2) is 0 Å².